The van der Waals surface area contributed by atoms with Gasteiger partial charge in [-0.2, -0.15) is 0 Å². The van der Waals surface area contributed by atoms with Crippen LogP contribution >= 0.6 is 0 Å². The predicted octanol–water partition coefficient (Wildman–Crippen LogP) is 1.42. The van der Waals surface area contributed by atoms with Crippen LogP contribution in [0, 0.1) is 0 Å². The zero-order chi connectivity index (χ0) is 13.0. The first-order valence-electron chi connectivity index (χ1n) is 7.14. The molecule has 0 atom stereocenters. The molecule has 0 aromatic carbocycles. The molecule has 0 bridgehead atoms. The van der Waals surface area contributed by atoms with Crippen LogP contribution in [0.15, 0.2) is 0 Å². The van der Waals surface area contributed by atoms with Crippen LogP contribution in [0.4, 0.5) is 0 Å². The summed E-state index contributed by atoms with van der Waals surface area (Å²) in [7, 11) is 0. The summed E-state index contributed by atoms with van der Waals surface area (Å²) >= 11 is -2.58. The fraction of sp³-hybridized carbons (Fsp3) is 1.00. The van der Waals surface area contributed by atoms with Crippen LogP contribution < -0.4 is 13.9 Å². The van der Waals surface area contributed by atoms with E-state index in [9.17, 15) is 0 Å². The van der Waals surface area contributed by atoms with E-state index in [0.29, 0.717) is 0 Å². The Morgan fingerprint density at radius 1 is 0.529 bits per heavy atom. The van der Waals surface area contributed by atoms with Gasteiger partial charge in [0, 0.05) is 0 Å². The van der Waals surface area contributed by atoms with E-state index in [4.69, 9.17) is 0 Å². The molecular formula is C12H32N4Sb. The van der Waals surface area contributed by atoms with Crippen molar-refractivity contribution in [3.63, 3.8) is 0 Å². The van der Waals surface area contributed by atoms with E-state index in [1.165, 1.54) is 25.7 Å². The second-order valence-electron chi connectivity index (χ2n) is 4.30. The van der Waals surface area contributed by atoms with Crippen LogP contribution in [0.3, 0.4) is 0 Å². The molecule has 4 N–H and O–H groups in total. The van der Waals surface area contributed by atoms with Crippen LogP contribution in [0.25, 0.3) is 0 Å². The van der Waals surface area contributed by atoms with Crippen molar-refractivity contribution in [3.05, 3.63) is 0 Å². The molecule has 1 radical (unpaired) electrons. The van der Waals surface area contributed by atoms with Crippen molar-refractivity contribution in [2.45, 2.75) is 53.4 Å². The normalized spacial score (nSPS) is 12.0. The summed E-state index contributed by atoms with van der Waals surface area (Å²) in [6, 6.07) is 0. The van der Waals surface area contributed by atoms with E-state index in [1.54, 1.807) is 0 Å². The van der Waals surface area contributed by atoms with Gasteiger partial charge in [-0.05, 0) is 0 Å². The number of hydrogen-bond donors (Lipinski definition) is 4. The summed E-state index contributed by atoms with van der Waals surface area (Å²) in [6.45, 7) is 13.3. The molecule has 0 aliphatic carbocycles. The van der Waals surface area contributed by atoms with E-state index in [0.717, 1.165) is 26.2 Å². The molecule has 0 amide bonds. The average molecular weight is 354 g/mol. The Morgan fingerprint density at radius 3 is 0.941 bits per heavy atom. The third-order valence-corrected chi connectivity index (χ3v) is 10.4. The second kappa shape index (κ2) is 11.7. The van der Waals surface area contributed by atoms with Gasteiger partial charge in [0.25, 0.3) is 0 Å². The topological polar surface area (TPSA) is 48.1 Å². The maximum absolute atomic E-state index is 3.75. The Kier molecular flexibility index (Phi) is 12.2. The third kappa shape index (κ3) is 8.39. The Labute approximate surface area is 113 Å². The van der Waals surface area contributed by atoms with Crippen LogP contribution in [0.2, 0.25) is 0 Å². The molecule has 0 spiro atoms. The van der Waals surface area contributed by atoms with Crippen molar-refractivity contribution in [1.29, 1.82) is 0 Å². The van der Waals surface area contributed by atoms with Gasteiger partial charge in [0.2, 0.25) is 0 Å². The van der Waals surface area contributed by atoms with Crippen LogP contribution in [-0.2, 0) is 0 Å². The molecule has 0 saturated heterocycles. The van der Waals surface area contributed by atoms with Crippen LogP contribution in [0.5, 0.6) is 0 Å². The molecule has 4 nitrogen and oxygen atoms in total. The standard InChI is InChI=1S/4C3H8N.Sb/c4*1-2-3-4;/h4*4H,2-3H2,1H3;/q4*-1;+4. The zero-order valence-electron chi connectivity index (χ0n) is 12.1. The molecule has 5 heteroatoms. The van der Waals surface area contributed by atoms with Crippen molar-refractivity contribution in [3.8, 4) is 0 Å². The monoisotopic (exact) mass is 353 g/mol. The van der Waals surface area contributed by atoms with Gasteiger partial charge in [-0.15, -0.1) is 0 Å². The minimum atomic E-state index is -2.58. The van der Waals surface area contributed by atoms with Crippen LogP contribution in [0.1, 0.15) is 53.4 Å². The third-order valence-electron chi connectivity index (χ3n) is 2.40. The maximum atomic E-state index is 3.75. The van der Waals surface area contributed by atoms with Gasteiger partial charge in [-0.25, -0.2) is 0 Å². The van der Waals surface area contributed by atoms with Gasteiger partial charge < -0.3 is 0 Å². The SMILES string of the molecule is CCC[NH][Sb]([NH]CCC)([NH]CCC)[NH]CCC. The van der Waals surface area contributed by atoms with Gasteiger partial charge in [0.1, 0.15) is 0 Å². The Balaban J connectivity index is 4.39. The van der Waals surface area contributed by atoms with E-state index in [-0.39, 0.29) is 0 Å². The fourth-order valence-electron chi connectivity index (χ4n) is 1.45. The van der Waals surface area contributed by atoms with Crippen molar-refractivity contribution in [2.75, 3.05) is 26.2 Å². The number of hydrogen-bond acceptors (Lipinski definition) is 4. The molecular weight excluding hydrogens is 322 g/mol. The Morgan fingerprint density at radius 2 is 0.765 bits per heavy atom. The Bertz CT molecular complexity index is 129. The first-order valence-corrected chi connectivity index (χ1v) is 12.2. The summed E-state index contributed by atoms with van der Waals surface area (Å²) in [5.74, 6) is 0. The second-order valence-corrected chi connectivity index (χ2v) is 11.7. The summed E-state index contributed by atoms with van der Waals surface area (Å²) in [4.78, 5) is 0. The molecule has 0 aromatic rings. The van der Waals surface area contributed by atoms with Crippen molar-refractivity contribution >= 4 is 19.9 Å². The molecule has 0 aliphatic rings. The average Bonchev–Trinajstić information content (AvgIpc) is 2.37. The van der Waals surface area contributed by atoms with Gasteiger partial charge in [0.15, 0.2) is 0 Å². The van der Waals surface area contributed by atoms with Gasteiger partial charge in [-0.1, -0.05) is 0 Å². The zero-order valence-corrected chi connectivity index (χ0v) is 14.7. The van der Waals surface area contributed by atoms with E-state index in [1.807, 2.05) is 0 Å². The van der Waals surface area contributed by atoms with Gasteiger partial charge in [-0.3, -0.25) is 0 Å². The molecule has 0 rings (SSSR count). The molecule has 0 aromatic heterocycles. The van der Waals surface area contributed by atoms with Crippen molar-refractivity contribution in [1.82, 2.24) is 13.9 Å². The Hall–Kier alpha value is 0.658. The van der Waals surface area contributed by atoms with E-state index in [2.05, 4.69) is 41.6 Å². The van der Waals surface area contributed by atoms with Gasteiger partial charge >= 0.3 is 113 Å². The minimum absolute atomic E-state index is 1.09. The first kappa shape index (κ1) is 17.7. The van der Waals surface area contributed by atoms with E-state index >= 15 is 0 Å². The molecule has 0 aliphatic heterocycles. The number of nitrogens with one attached hydrogen (secondary N) is 4. The summed E-state index contributed by atoms with van der Waals surface area (Å²) in [5.41, 5.74) is 0. The van der Waals surface area contributed by atoms with Crippen LogP contribution in [-0.4, -0.2) is 46.1 Å². The molecule has 0 heterocycles. The predicted molar refractivity (Wildman–Crippen MR) is 78.9 cm³/mol. The van der Waals surface area contributed by atoms with Crippen molar-refractivity contribution in [2.24, 2.45) is 0 Å². The van der Waals surface area contributed by atoms with E-state index < -0.39 is 19.9 Å². The quantitative estimate of drug-likeness (QED) is 0.401. The summed E-state index contributed by atoms with van der Waals surface area (Å²) in [6.07, 6.45) is 4.74. The molecule has 0 fully saturated rings. The fourth-order valence-corrected chi connectivity index (χ4v) is 9.75. The van der Waals surface area contributed by atoms with Gasteiger partial charge in [0.05, 0.1) is 0 Å². The summed E-state index contributed by atoms with van der Waals surface area (Å²) < 4.78 is 15.0. The molecule has 0 unspecified atom stereocenters. The number of rotatable bonds is 12. The molecule has 105 valence electrons. The molecule has 17 heavy (non-hydrogen) atoms. The van der Waals surface area contributed by atoms with Crippen molar-refractivity contribution < 1.29 is 0 Å². The summed E-state index contributed by atoms with van der Waals surface area (Å²) in [5, 5.41) is 0. The first-order chi connectivity index (χ1) is 8.24. The molecule has 0 saturated carbocycles.